The summed E-state index contributed by atoms with van der Waals surface area (Å²) in [7, 11) is -1.01. The molecule has 1 aromatic carbocycles. The highest BCUT2D eigenvalue weighted by atomic mass is 32.2. The smallest absolute Gasteiger partial charge is 0.149 e. The topological polar surface area (TPSA) is 63.4 Å². The molecule has 0 aromatic heterocycles. The van der Waals surface area contributed by atoms with E-state index in [0.717, 1.165) is 17.7 Å². The Bertz CT molecular complexity index is 524. The van der Waals surface area contributed by atoms with Crippen molar-refractivity contribution in [2.45, 2.75) is 26.3 Å². The predicted octanol–water partition coefficient (Wildman–Crippen LogP) is 1.37. The van der Waals surface area contributed by atoms with Gasteiger partial charge in [-0.3, -0.25) is 0 Å². The van der Waals surface area contributed by atoms with E-state index < -0.39 is 9.84 Å². The molecule has 0 amide bonds. The molecule has 0 saturated heterocycles. The lowest BCUT2D eigenvalue weighted by Crippen LogP contribution is -2.25. The Morgan fingerprint density at radius 1 is 1.37 bits per heavy atom. The maximum atomic E-state index is 11.2. The largest absolute Gasteiger partial charge is 0.373 e. The number of hydrogen-bond donors (Lipinski definition) is 1. The molecule has 0 bridgehead atoms. The van der Waals surface area contributed by atoms with Gasteiger partial charge in [0, 0.05) is 31.6 Å². The van der Waals surface area contributed by atoms with E-state index in [2.05, 4.69) is 12.1 Å². The molecular weight excluding hydrogens is 260 g/mol. The maximum Gasteiger partial charge on any atom is 0.149 e. The monoisotopic (exact) mass is 284 g/mol. The Morgan fingerprint density at radius 3 is 2.47 bits per heavy atom. The lowest BCUT2D eigenvalue weighted by molar-refractivity contribution is 0.601. The number of sulfone groups is 1. The highest BCUT2D eigenvalue weighted by Gasteiger charge is 2.09. The molecule has 0 radical (unpaired) electrons. The minimum absolute atomic E-state index is 0.146. The van der Waals surface area contributed by atoms with Crippen molar-refractivity contribution in [2.24, 2.45) is 5.73 Å². The Kier molecular flexibility index (Phi) is 5.38. The van der Waals surface area contributed by atoms with Gasteiger partial charge in [-0.15, -0.1) is 0 Å². The molecule has 2 N–H and O–H groups in total. The molecule has 108 valence electrons. The molecule has 0 aliphatic rings. The average molecular weight is 284 g/mol. The molecule has 0 aliphatic carbocycles. The minimum atomic E-state index is -2.92. The first-order valence-electron chi connectivity index (χ1n) is 6.43. The predicted molar refractivity (Wildman–Crippen MR) is 81.5 cm³/mol. The maximum absolute atomic E-state index is 11.2. The average Bonchev–Trinajstić information content (AvgIpc) is 2.24. The molecular formula is C14H24N2O2S. The van der Waals surface area contributed by atoms with Gasteiger partial charge in [0.05, 0.1) is 5.75 Å². The molecule has 0 fully saturated rings. The van der Waals surface area contributed by atoms with Gasteiger partial charge < -0.3 is 10.6 Å². The van der Waals surface area contributed by atoms with Gasteiger partial charge in [0.2, 0.25) is 0 Å². The molecule has 0 aliphatic heterocycles. The molecule has 0 saturated carbocycles. The molecule has 19 heavy (non-hydrogen) atoms. The molecule has 0 heterocycles. The van der Waals surface area contributed by atoms with Crippen molar-refractivity contribution in [3.05, 3.63) is 29.3 Å². The zero-order valence-corrected chi connectivity index (χ0v) is 13.0. The molecule has 0 spiro atoms. The van der Waals surface area contributed by atoms with E-state index in [1.165, 1.54) is 11.8 Å². The van der Waals surface area contributed by atoms with E-state index in [1.807, 2.05) is 31.9 Å². The van der Waals surface area contributed by atoms with Crippen molar-refractivity contribution in [2.75, 3.05) is 30.5 Å². The van der Waals surface area contributed by atoms with Crippen LogP contribution < -0.4 is 10.6 Å². The summed E-state index contributed by atoms with van der Waals surface area (Å²) in [5.74, 6) is 0.171. The number of nitrogens with two attached hydrogens (primary N) is 1. The fourth-order valence-electron chi connectivity index (χ4n) is 2.07. The van der Waals surface area contributed by atoms with Crippen LogP contribution in [0.2, 0.25) is 0 Å². The van der Waals surface area contributed by atoms with Gasteiger partial charge in [-0.25, -0.2) is 8.42 Å². The Morgan fingerprint density at radius 2 is 2.00 bits per heavy atom. The fourth-order valence-corrected chi connectivity index (χ4v) is 2.67. The van der Waals surface area contributed by atoms with E-state index in [-0.39, 0.29) is 11.8 Å². The van der Waals surface area contributed by atoms with Crippen molar-refractivity contribution < 1.29 is 8.42 Å². The van der Waals surface area contributed by atoms with E-state index in [9.17, 15) is 8.42 Å². The number of hydrogen-bond acceptors (Lipinski definition) is 4. The number of nitrogens with zero attached hydrogens (tertiary/aromatic N) is 1. The summed E-state index contributed by atoms with van der Waals surface area (Å²) in [4.78, 5) is 1.98. The SMILES string of the molecule is Cc1cc(CC(C)N)ccc1N(C)CCS(C)(=O)=O. The van der Waals surface area contributed by atoms with Gasteiger partial charge in [0.1, 0.15) is 9.84 Å². The summed E-state index contributed by atoms with van der Waals surface area (Å²) < 4.78 is 22.4. The zero-order chi connectivity index (χ0) is 14.6. The molecule has 4 nitrogen and oxygen atoms in total. The van der Waals surface area contributed by atoms with Crippen molar-refractivity contribution in [1.82, 2.24) is 0 Å². The first-order chi connectivity index (χ1) is 8.69. The van der Waals surface area contributed by atoms with Gasteiger partial charge in [-0.1, -0.05) is 12.1 Å². The van der Waals surface area contributed by atoms with Crippen LogP contribution in [0.4, 0.5) is 5.69 Å². The van der Waals surface area contributed by atoms with Crippen LogP contribution in [0.5, 0.6) is 0 Å². The summed E-state index contributed by atoms with van der Waals surface area (Å²) in [6.07, 6.45) is 2.12. The van der Waals surface area contributed by atoms with Crippen molar-refractivity contribution in [1.29, 1.82) is 0 Å². The third-order valence-corrected chi connectivity index (χ3v) is 3.95. The lowest BCUT2D eigenvalue weighted by atomic mass is 10.0. The number of benzene rings is 1. The minimum Gasteiger partial charge on any atom is -0.373 e. The zero-order valence-electron chi connectivity index (χ0n) is 12.2. The highest BCUT2D eigenvalue weighted by molar-refractivity contribution is 7.90. The van der Waals surface area contributed by atoms with E-state index in [1.54, 1.807) is 0 Å². The van der Waals surface area contributed by atoms with Crippen LogP contribution in [0, 0.1) is 6.92 Å². The van der Waals surface area contributed by atoms with Crippen molar-refractivity contribution in [3.8, 4) is 0 Å². The first-order valence-corrected chi connectivity index (χ1v) is 8.49. The molecule has 1 unspecified atom stereocenters. The number of rotatable bonds is 6. The van der Waals surface area contributed by atoms with Crippen molar-refractivity contribution in [3.63, 3.8) is 0 Å². The summed E-state index contributed by atoms with van der Waals surface area (Å²) >= 11 is 0. The van der Waals surface area contributed by atoms with Crippen LogP contribution in [0.1, 0.15) is 18.1 Å². The van der Waals surface area contributed by atoms with Gasteiger partial charge in [0.15, 0.2) is 0 Å². The normalized spacial score (nSPS) is 13.3. The summed E-state index contributed by atoms with van der Waals surface area (Å²) in [5, 5.41) is 0. The highest BCUT2D eigenvalue weighted by Crippen LogP contribution is 2.20. The third-order valence-electron chi connectivity index (χ3n) is 3.03. The summed E-state index contributed by atoms with van der Waals surface area (Å²) in [5.41, 5.74) is 9.22. The van der Waals surface area contributed by atoms with E-state index >= 15 is 0 Å². The second-order valence-electron chi connectivity index (χ2n) is 5.35. The van der Waals surface area contributed by atoms with Gasteiger partial charge >= 0.3 is 0 Å². The van der Waals surface area contributed by atoms with Crippen LogP contribution in [-0.4, -0.2) is 40.1 Å². The molecule has 5 heteroatoms. The van der Waals surface area contributed by atoms with Crippen LogP contribution in [0.25, 0.3) is 0 Å². The molecule has 1 atom stereocenters. The van der Waals surface area contributed by atoms with Crippen molar-refractivity contribution >= 4 is 15.5 Å². The Labute approximate surface area is 116 Å². The second kappa shape index (κ2) is 6.39. The fraction of sp³-hybridized carbons (Fsp3) is 0.571. The van der Waals surface area contributed by atoms with Crippen LogP contribution >= 0.6 is 0 Å². The van der Waals surface area contributed by atoms with E-state index in [4.69, 9.17) is 5.73 Å². The van der Waals surface area contributed by atoms with Crippen LogP contribution in [0.15, 0.2) is 18.2 Å². The number of anilines is 1. The molecule has 1 rings (SSSR count). The Hall–Kier alpha value is -1.07. The van der Waals surface area contributed by atoms with Gasteiger partial charge in [0.25, 0.3) is 0 Å². The third kappa shape index (κ3) is 5.61. The second-order valence-corrected chi connectivity index (χ2v) is 7.61. The first kappa shape index (κ1) is 16.0. The molecule has 1 aromatic rings. The standard InChI is InChI=1S/C14H24N2O2S/c1-11-9-13(10-12(2)15)5-6-14(11)16(3)7-8-19(4,17)18/h5-6,9,12H,7-8,10,15H2,1-4H3. The summed E-state index contributed by atoms with van der Waals surface area (Å²) in [6.45, 7) is 4.53. The van der Waals surface area contributed by atoms with Gasteiger partial charge in [-0.2, -0.15) is 0 Å². The van der Waals surface area contributed by atoms with Crippen LogP contribution in [0.3, 0.4) is 0 Å². The Balaban J connectivity index is 2.78. The lowest BCUT2D eigenvalue weighted by Gasteiger charge is -2.21. The number of aryl methyl sites for hydroxylation is 1. The van der Waals surface area contributed by atoms with Gasteiger partial charge in [-0.05, 0) is 37.5 Å². The van der Waals surface area contributed by atoms with E-state index in [0.29, 0.717) is 6.54 Å². The van der Waals surface area contributed by atoms with Crippen LogP contribution in [-0.2, 0) is 16.3 Å². The quantitative estimate of drug-likeness (QED) is 0.857. The summed E-state index contributed by atoms with van der Waals surface area (Å²) in [6, 6.07) is 6.36.